The van der Waals surface area contributed by atoms with E-state index in [0.717, 1.165) is 5.69 Å². The van der Waals surface area contributed by atoms with Crippen molar-refractivity contribution in [1.29, 1.82) is 0 Å². The lowest BCUT2D eigenvalue weighted by Crippen LogP contribution is -2.11. The smallest absolute Gasteiger partial charge is 0.0653 e. The highest BCUT2D eigenvalue weighted by Gasteiger charge is 2.08. The van der Waals surface area contributed by atoms with Gasteiger partial charge in [0.05, 0.1) is 11.7 Å². The van der Waals surface area contributed by atoms with Gasteiger partial charge in [0.2, 0.25) is 0 Å². The lowest BCUT2D eigenvalue weighted by molar-refractivity contribution is 0.676. The number of anilines is 1. The molecule has 0 aliphatic heterocycles. The van der Waals surface area contributed by atoms with Gasteiger partial charge in [-0.2, -0.15) is 5.10 Å². The van der Waals surface area contributed by atoms with Crippen LogP contribution < -0.4 is 5.32 Å². The highest BCUT2D eigenvalue weighted by molar-refractivity contribution is 5.66. The minimum atomic E-state index is 0.222. The lowest BCUT2D eigenvalue weighted by Gasteiger charge is -2.16. The van der Waals surface area contributed by atoms with Crippen molar-refractivity contribution in [3.63, 3.8) is 0 Å². The van der Waals surface area contributed by atoms with E-state index in [-0.39, 0.29) is 6.04 Å². The molecule has 21 heavy (non-hydrogen) atoms. The minimum Gasteiger partial charge on any atom is -0.377 e. The predicted octanol–water partition coefficient (Wildman–Crippen LogP) is 4.26. The summed E-state index contributed by atoms with van der Waals surface area (Å²) < 4.78 is 1.90. The van der Waals surface area contributed by atoms with Gasteiger partial charge in [0.25, 0.3) is 0 Å². The van der Waals surface area contributed by atoms with Crippen LogP contribution in [0.15, 0.2) is 66.9 Å². The SMILES string of the molecule is CC(Nc1ccc(-c2ccccc2)cc1)c1ccnn1C. The minimum absolute atomic E-state index is 0.222. The highest BCUT2D eigenvalue weighted by atomic mass is 15.3. The number of rotatable bonds is 4. The first-order valence-corrected chi connectivity index (χ1v) is 7.14. The molecule has 106 valence electrons. The first-order valence-electron chi connectivity index (χ1n) is 7.14. The lowest BCUT2D eigenvalue weighted by atomic mass is 10.1. The number of aryl methyl sites for hydroxylation is 1. The van der Waals surface area contributed by atoms with Crippen molar-refractivity contribution >= 4 is 5.69 Å². The van der Waals surface area contributed by atoms with E-state index in [0.29, 0.717) is 0 Å². The van der Waals surface area contributed by atoms with Crippen LogP contribution in [-0.4, -0.2) is 9.78 Å². The third kappa shape index (κ3) is 2.97. The third-order valence-electron chi connectivity index (χ3n) is 3.68. The second-order valence-electron chi connectivity index (χ2n) is 5.19. The summed E-state index contributed by atoms with van der Waals surface area (Å²) in [6.07, 6.45) is 1.83. The van der Waals surface area contributed by atoms with Crippen molar-refractivity contribution in [2.24, 2.45) is 7.05 Å². The number of nitrogens with one attached hydrogen (secondary N) is 1. The van der Waals surface area contributed by atoms with Gasteiger partial charge in [0, 0.05) is 18.9 Å². The summed E-state index contributed by atoms with van der Waals surface area (Å²) in [6.45, 7) is 2.14. The van der Waals surface area contributed by atoms with E-state index in [9.17, 15) is 0 Å². The summed E-state index contributed by atoms with van der Waals surface area (Å²) >= 11 is 0. The Balaban J connectivity index is 1.75. The quantitative estimate of drug-likeness (QED) is 0.772. The standard InChI is InChI=1S/C18H19N3/c1-14(18-12-13-19-21(18)2)20-17-10-8-16(9-11-17)15-6-4-3-5-7-15/h3-14,20H,1-2H3. The van der Waals surface area contributed by atoms with E-state index >= 15 is 0 Å². The number of benzene rings is 2. The number of nitrogens with zero attached hydrogens (tertiary/aromatic N) is 2. The van der Waals surface area contributed by atoms with Gasteiger partial charge in [-0.25, -0.2) is 0 Å². The fourth-order valence-electron chi connectivity index (χ4n) is 2.52. The molecule has 3 rings (SSSR count). The zero-order valence-electron chi connectivity index (χ0n) is 12.3. The van der Waals surface area contributed by atoms with Gasteiger partial charge in [-0.05, 0) is 36.2 Å². The molecule has 0 saturated carbocycles. The fraction of sp³-hybridized carbons (Fsp3) is 0.167. The van der Waals surface area contributed by atoms with Crippen LogP contribution in [-0.2, 0) is 7.05 Å². The molecule has 0 spiro atoms. The van der Waals surface area contributed by atoms with Crippen molar-refractivity contribution in [3.8, 4) is 11.1 Å². The van der Waals surface area contributed by atoms with Crippen LogP contribution in [0.1, 0.15) is 18.7 Å². The van der Waals surface area contributed by atoms with E-state index in [1.165, 1.54) is 16.8 Å². The summed E-state index contributed by atoms with van der Waals surface area (Å²) in [4.78, 5) is 0. The van der Waals surface area contributed by atoms with Crippen LogP contribution in [0.4, 0.5) is 5.69 Å². The monoisotopic (exact) mass is 277 g/mol. The molecule has 3 nitrogen and oxygen atoms in total. The predicted molar refractivity (Wildman–Crippen MR) is 87.1 cm³/mol. The Morgan fingerprint density at radius 3 is 2.19 bits per heavy atom. The van der Waals surface area contributed by atoms with Gasteiger partial charge < -0.3 is 5.32 Å². The van der Waals surface area contributed by atoms with Crippen LogP contribution in [0.5, 0.6) is 0 Å². The molecule has 1 unspecified atom stereocenters. The molecule has 0 saturated heterocycles. The molecule has 1 aromatic heterocycles. The Morgan fingerprint density at radius 2 is 1.57 bits per heavy atom. The topological polar surface area (TPSA) is 29.9 Å². The van der Waals surface area contributed by atoms with Crippen molar-refractivity contribution in [2.75, 3.05) is 5.32 Å². The van der Waals surface area contributed by atoms with Gasteiger partial charge in [-0.3, -0.25) is 4.68 Å². The Hall–Kier alpha value is -2.55. The second kappa shape index (κ2) is 5.83. The average Bonchev–Trinajstić information content (AvgIpc) is 2.95. The molecule has 1 N–H and O–H groups in total. The zero-order chi connectivity index (χ0) is 14.7. The van der Waals surface area contributed by atoms with Crippen LogP contribution >= 0.6 is 0 Å². The molecular weight excluding hydrogens is 258 g/mol. The van der Waals surface area contributed by atoms with Crippen LogP contribution in [0.3, 0.4) is 0 Å². The fourth-order valence-corrected chi connectivity index (χ4v) is 2.52. The maximum Gasteiger partial charge on any atom is 0.0653 e. The molecule has 1 atom stereocenters. The molecule has 0 bridgehead atoms. The largest absolute Gasteiger partial charge is 0.377 e. The molecular formula is C18H19N3. The first-order chi connectivity index (χ1) is 10.2. The molecule has 2 aromatic carbocycles. The number of hydrogen-bond acceptors (Lipinski definition) is 2. The molecule has 0 amide bonds. The Morgan fingerprint density at radius 1 is 0.905 bits per heavy atom. The van der Waals surface area contributed by atoms with E-state index in [1.807, 2.05) is 30.1 Å². The van der Waals surface area contributed by atoms with E-state index < -0.39 is 0 Å². The molecule has 0 aliphatic rings. The molecule has 3 heteroatoms. The van der Waals surface area contributed by atoms with Crippen LogP contribution in [0.2, 0.25) is 0 Å². The summed E-state index contributed by atoms with van der Waals surface area (Å²) in [6, 6.07) is 21.2. The first kappa shape index (κ1) is 13.4. The van der Waals surface area contributed by atoms with E-state index in [2.05, 4.69) is 65.9 Å². The van der Waals surface area contributed by atoms with Gasteiger partial charge in [0.15, 0.2) is 0 Å². The average molecular weight is 277 g/mol. The summed E-state index contributed by atoms with van der Waals surface area (Å²) in [5, 5.41) is 7.71. The van der Waals surface area contributed by atoms with Gasteiger partial charge >= 0.3 is 0 Å². The van der Waals surface area contributed by atoms with E-state index in [4.69, 9.17) is 0 Å². The normalized spacial score (nSPS) is 12.1. The van der Waals surface area contributed by atoms with Crippen LogP contribution in [0.25, 0.3) is 11.1 Å². The zero-order valence-corrected chi connectivity index (χ0v) is 12.3. The van der Waals surface area contributed by atoms with Crippen molar-refractivity contribution in [3.05, 3.63) is 72.6 Å². The van der Waals surface area contributed by atoms with Crippen LogP contribution in [0, 0.1) is 0 Å². The Labute approximate surface area is 125 Å². The van der Waals surface area contributed by atoms with Gasteiger partial charge in [-0.1, -0.05) is 42.5 Å². The number of aromatic nitrogens is 2. The summed E-state index contributed by atoms with van der Waals surface area (Å²) in [5.41, 5.74) is 4.75. The highest BCUT2D eigenvalue weighted by Crippen LogP contribution is 2.23. The molecule has 3 aromatic rings. The molecule has 0 radical (unpaired) electrons. The van der Waals surface area contributed by atoms with E-state index in [1.54, 1.807) is 0 Å². The molecule has 0 fully saturated rings. The summed E-state index contributed by atoms with van der Waals surface area (Å²) in [7, 11) is 1.96. The van der Waals surface area contributed by atoms with Crippen molar-refractivity contribution in [2.45, 2.75) is 13.0 Å². The second-order valence-corrected chi connectivity index (χ2v) is 5.19. The number of hydrogen-bond donors (Lipinski definition) is 1. The maximum atomic E-state index is 4.21. The van der Waals surface area contributed by atoms with Crippen molar-refractivity contribution in [1.82, 2.24) is 9.78 Å². The van der Waals surface area contributed by atoms with Crippen molar-refractivity contribution < 1.29 is 0 Å². The third-order valence-corrected chi connectivity index (χ3v) is 3.68. The summed E-state index contributed by atoms with van der Waals surface area (Å²) in [5.74, 6) is 0. The Bertz CT molecular complexity index is 699. The van der Waals surface area contributed by atoms with Gasteiger partial charge in [0.1, 0.15) is 0 Å². The Kier molecular flexibility index (Phi) is 3.73. The molecule has 0 aliphatic carbocycles. The maximum absolute atomic E-state index is 4.21. The molecule has 1 heterocycles. The van der Waals surface area contributed by atoms with Gasteiger partial charge in [-0.15, -0.1) is 0 Å².